The van der Waals surface area contributed by atoms with Gasteiger partial charge in [0.1, 0.15) is 6.61 Å². The van der Waals surface area contributed by atoms with Crippen molar-refractivity contribution in [2.45, 2.75) is 19.7 Å². The zero-order valence-corrected chi connectivity index (χ0v) is 17.7. The molecule has 2 aromatic carbocycles. The van der Waals surface area contributed by atoms with Gasteiger partial charge >= 0.3 is 0 Å². The molecule has 0 spiro atoms. The summed E-state index contributed by atoms with van der Waals surface area (Å²) in [6.07, 6.45) is 3.60. The molecule has 1 N–H and O–H groups in total. The number of ether oxygens (including phenoxy) is 2. The van der Waals surface area contributed by atoms with Gasteiger partial charge in [0.25, 0.3) is 0 Å². The van der Waals surface area contributed by atoms with Gasteiger partial charge in [0.15, 0.2) is 11.5 Å². The van der Waals surface area contributed by atoms with Crippen LogP contribution in [0.3, 0.4) is 0 Å². The van der Waals surface area contributed by atoms with E-state index in [1.807, 2.05) is 54.7 Å². The standard InChI is InChI=1S/C21H20Cl2N2O2.ClH/c1-26-20-10-17(13-25-12-16-3-2-8-24-11-16)9-19(23)21(20)27-14-15-4-6-18(22)7-5-15;/h2-11,25H,12-14H2,1H3;1H. The lowest BCUT2D eigenvalue weighted by Gasteiger charge is -2.15. The van der Waals surface area contributed by atoms with Crippen molar-refractivity contribution in [3.05, 3.63) is 87.7 Å². The number of nitrogens with one attached hydrogen (secondary N) is 1. The van der Waals surface area contributed by atoms with Crippen LogP contribution in [0.1, 0.15) is 16.7 Å². The van der Waals surface area contributed by atoms with Crippen LogP contribution >= 0.6 is 35.6 Å². The summed E-state index contributed by atoms with van der Waals surface area (Å²) in [7, 11) is 1.60. The lowest BCUT2D eigenvalue weighted by molar-refractivity contribution is 0.284. The smallest absolute Gasteiger partial charge is 0.180 e. The van der Waals surface area contributed by atoms with Gasteiger partial charge in [0, 0.05) is 30.5 Å². The van der Waals surface area contributed by atoms with Crippen molar-refractivity contribution < 1.29 is 9.47 Å². The SMILES string of the molecule is COc1cc(CNCc2cccnc2)cc(Cl)c1OCc1ccc(Cl)cc1.Cl. The third-order valence-electron chi connectivity index (χ3n) is 3.97. The van der Waals surface area contributed by atoms with E-state index < -0.39 is 0 Å². The third-order valence-corrected chi connectivity index (χ3v) is 4.50. The molecule has 0 bridgehead atoms. The van der Waals surface area contributed by atoms with Crippen LogP contribution in [0, 0.1) is 0 Å². The first-order chi connectivity index (χ1) is 13.2. The zero-order valence-electron chi connectivity index (χ0n) is 15.3. The van der Waals surface area contributed by atoms with Crippen LogP contribution in [-0.4, -0.2) is 12.1 Å². The fourth-order valence-corrected chi connectivity index (χ4v) is 3.02. The molecule has 148 valence electrons. The Kier molecular flexibility index (Phi) is 8.87. The Morgan fingerprint density at radius 2 is 1.71 bits per heavy atom. The molecule has 0 radical (unpaired) electrons. The van der Waals surface area contributed by atoms with E-state index >= 15 is 0 Å². The molecule has 0 unspecified atom stereocenters. The topological polar surface area (TPSA) is 43.4 Å². The van der Waals surface area contributed by atoms with E-state index in [1.165, 1.54) is 0 Å². The molecule has 28 heavy (non-hydrogen) atoms. The highest BCUT2D eigenvalue weighted by molar-refractivity contribution is 6.32. The number of benzene rings is 2. The predicted octanol–water partition coefficient (Wildman–Crippen LogP) is 5.69. The second-order valence-corrected chi connectivity index (χ2v) is 6.83. The third kappa shape index (κ3) is 6.28. The van der Waals surface area contributed by atoms with Crippen LogP contribution in [0.5, 0.6) is 11.5 Å². The van der Waals surface area contributed by atoms with Crippen LogP contribution in [0.15, 0.2) is 60.9 Å². The molecule has 3 rings (SSSR count). The average Bonchev–Trinajstić information content (AvgIpc) is 2.69. The molecule has 1 heterocycles. The number of nitrogens with zero attached hydrogens (tertiary/aromatic N) is 1. The molecule has 7 heteroatoms. The summed E-state index contributed by atoms with van der Waals surface area (Å²) in [6, 6.07) is 15.3. The van der Waals surface area contributed by atoms with Crippen LogP contribution in [0.25, 0.3) is 0 Å². The molecule has 1 aromatic heterocycles. The largest absolute Gasteiger partial charge is 0.493 e. The van der Waals surface area contributed by atoms with E-state index in [9.17, 15) is 0 Å². The van der Waals surface area contributed by atoms with Crippen LogP contribution in [0.2, 0.25) is 10.0 Å². The molecule has 0 saturated heterocycles. The predicted molar refractivity (Wildman–Crippen MR) is 116 cm³/mol. The first kappa shape index (κ1) is 22.3. The van der Waals surface area contributed by atoms with Gasteiger partial charge in [-0.2, -0.15) is 0 Å². The Morgan fingerprint density at radius 3 is 2.39 bits per heavy atom. The molecule has 4 nitrogen and oxygen atoms in total. The van der Waals surface area contributed by atoms with Crippen molar-refractivity contribution in [3.8, 4) is 11.5 Å². The van der Waals surface area contributed by atoms with E-state index in [-0.39, 0.29) is 12.4 Å². The van der Waals surface area contributed by atoms with Crippen molar-refractivity contribution in [3.63, 3.8) is 0 Å². The molecule has 0 aliphatic heterocycles. The second-order valence-electron chi connectivity index (χ2n) is 5.99. The Morgan fingerprint density at radius 1 is 0.964 bits per heavy atom. The maximum atomic E-state index is 6.44. The van der Waals surface area contributed by atoms with Gasteiger partial charge in [-0.25, -0.2) is 0 Å². The minimum atomic E-state index is 0. The Labute approximate surface area is 181 Å². The van der Waals surface area contributed by atoms with E-state index in [0.29, 0.717) is 34.7 Å². The molecule has 0 aliphatic carbocycles. The summed E-state index contributed by atoms with van der Waals surface area (Å²) < 4.78 is 11.4. The second kappa shape index (κ2) is 11.1. The van der Waals surface area contributed by atoms with Crippen molar-refractivity contribution in [2.24, 2.45) is 0 Å². The first-order valence-electron chi connectivity index (χ1n) is 8.49. The van der Waals surface area contributed by atoms with Crippen molar-refractivity contribution >= 4 is 35.6 Å². The molecule has 0 saturated carbocycles. The normalized spacial score (nSPS) is 10.2. The van der Waals surface area contributed by atoms with Crippen molar-refractivity contribution in [1.82, 2.24) is 10.3 Å². The quantitative estimate of drug-likeness (QED) is 0.490. The summed E-state index contributed by atoms with van der Waals surface area (Å²) in [5.41, 5.74) is 3.14. The highest BCUT2D eigenvalue weighted by Gasteiger charge is 2.12. The van der Waals surface area contributed by atoms with Gasteiger partial charge in [-0.05, 0) is 47.0 Å². The highest BCUT2D eigenvalue weighted by atomic mass is 35.5. The van der Waals surface area contributed by atoms with Gasteiger partial charge in [0.05, 0.1) is 12.1 Å². The molecule has 0 aliphatic rings. The minimum absolute atomic E-state index is 0. The Bertz CT molecular complexity index is 875. The summed E-state index contributed by atoms with van der Waals surface area (Å²) in [5.74, 6) is 1.14. The molecule has 0 atom stereocenters. The lowest BCUT2D eigenvalue weighted by atomic mass is 10.2. The van der Waals surface area contributed by atoms with Gasteiger partial charge in [0.2, 0.25) is 0 Å². The van der Waals surface area contributed by atoms with E-state index in [0.717, 1.165) is 23.2 Å². The number of rotatable bonds is 8. The average molecular weight is 440 g/mol. The van der Waals surface area contributed by atoms with Gasteiger partial charge in [-0.1, -0.05) is 41.4 Å². The number of pyridine rings is 1. The number of aromatic nitrogens is 1. The Balaban J connectivity index is 0.00000280. The molecular weight excluding hydrogens is 419 g/mol. The number of methoxy groups -OCH3 is 1. The summed E-state index contributed by atoms with van der Waals surface area (Å²) >= 11 is 12.3. The monoisotopic (exact) mass is 438 g/mol. The molecule has 3 aromatic rings. The fraction of sp³-hybridized carbons (Fsp3) is 0.190. The van der Waals surface area contributed by atoms with Crippen LogP contribution < -0.4 is 14.8 Å². The zero-order chi connectivity index (χ0) is 19.1. The first-order valence-corrected chi connectivity index (χ1v) is 9.24. The maximum Gasteiger partial charge on any atom is 0.180 e. The molecular formula is C21H21Cl3N2O2. The van der Waals surface area contributed by atoms with Gasteiger partial charge in [-0.15, -0.1) is 12.4 Å². The summed E-state index contributed by atoms with van der Waals surface area (Å²) in [6.45, 7) is 1.76. The minimum Gasteiger partial charge on any atom is -0.493 e. The van der Waals surface area contributed by atoms with E-state index in [2.05, 4.69) is 10.3 Å². The summed E-state index contributed by atoms with van der Waals surface area (Å²) in [5, 5.41) is 4.58. The van der Waals surface area contributed by atoms with Crippen LogP contribution in [-0.2, 0) is 19.7 Å². The number of hydrogen-bond acceptors (Lipinski definition) is 4. The van der Waals surface area contributed by atoms with E-state index in [4.69, 9.17) is 32.7 Å². The van der Waals surface area contributed by atoms with E-state index in [1.54, 1.807) is 13.3 Å². The van der Waals surface area contributed by atoms with Crippen molar-refractivity contribution in [2.75, 3.05) is 7.11 Å². The van der Waals surface area contributed by atoms with Gasteiger partial charge < -0.3 is 14.8 Å². The van der Waals surface area contributed by atoms with Crippen LogP contribution in [0.4, 0.5) is 0 Å². The summed E-state index contributed by atoms with van der Waals surface area (Å²) in [4.78, 5) is 4.11. The fourth-order valence-electron chi connectivity index (χ4n) is 2.61. The van der Waals surface area contributed by atoms with Gasteiger partial charge in [-0.3, -0.25) is 4.98 Å². The highest BCUT2D eigenvalue weighted by Crippen LogP contribution is 2.37. The Hall–Kier alpha value is -1.98. The van der Waals surface area contributed by atoms with Crippen molar-refractivity contribution in [1.29, 1.82) is 0 Å². The molecule has 0 fully saturated rings. The number of hydrogen-bond donors (Lipinski definition) is 1. The maximum absolute atomic E-state index is 6.44. The molecule has 0 amide bonds. The number of halogens is 3. The lowest BCUT2D eigenvalue weighted by Crippen LogP contribution is -2.13.